The van der Waals surface area contributed by atoms with E-state index in [0.29, 0.717) is 18.1 Å². The predicted molar refractivity (Wildman–Crippen MR) is 75.6 cm³/mol. The molecule has 2 heterocycles. The fraction of sp³-hybridized carbons (Fsp3) is 0.467. The van der Waals surface area contributed by atoms with Crippen molar-refractivity contribution in [2.45, 2.75) is 32.3 Å². The number of rotatable bonds is 5. The molecule has 1 unspecified atom stereocenters. The molecule has 0 aliphatic carbocycles. The van der Waals surface area contributed by atoms with Crippen LogP contribution in [-0.2, 0) is 11.2 Å². The molecule has 5 nitrogen and oxygen atoms in total. The second-order valence-electron chi connectivity index (χ2n) is 5.09. The molecular weight excluding hydrogens is 254 g/mol. The molecule has 0 saturated carbocycles. The van der Waals surface area contributed by atoms with Gasteiger partial charge in [-0.25, -0.2) is 0 Å². The van der Waals surface area contributed by atoms with Crippen LogP contribution in [0.25, 0.3) is 0 Å². The lowest BCUT2D eigenvalue weighted by Gasteiger charge is -2.04. The van der Waals surface area contributed by atoms with Gasteiger partial charge >= 0.3 is 0 Å². The van der Waals surface area contributed by atoms with E-state index in [0.717, 1.165) is 31.7 Å². The first-order chi connectivity index (χ1) is 9.81. The highest BCUT2D eigenvalue weighted by atomic mass is 16.5. The Kier molecular flexibility index (Phi) is 3.97. The number of hydrogen-bond acceptors (Lipinski definition) is 5. The van der Waals surface area contributed by atoms with E-state index in [2.05, 4.69) is 46.6 Å². The fourth-order valence-corrected chi connectivity index (χ4v) is 2.27. The second kappa shape index (κ2) is 6.05. The van der Waals surface area contributed by atoms with Crippen molar-refractivity contribution in [1.29, 1.82) is 0 Å². The SMILES string of the molecule is Cc1ccc(NCCc2nc(C3CCCO3)no2)cc1. The van der Waals surface area contributed by atoms with Gasteiger partial charge in [0.25, 0.3) is 0 Å². The van der Waals surface area contributed by atoms with E-state index in [4.69, 9.17) is 9.26 Å². The third-order valence-corrected chi connectivity index (χ3v) is 3.42. The summed E-state index contributed by atoms with van der Waals surface area (Å²) in [7, 11) is 0. The molecule has 1 atom stereocenters. The Morgan fingerprint density at radius 3 is 2.90 bits per heavy atom. The van der Waals surface area contributed by atoms with Gasteiger partial charge in [0.05, 0.1) is 0 Å². The van der Waals surface area contributed by atoms with Crippen molar-refractivity contribution in [1.82, 2.24) is 10.1 Å². The molecule has 1 N–H and O–H groups in total. The van der Waals surface area contributed by atoms with E-state index < -0.39 is 0 Å². The van der Waals surface area contributed by atoms with Gasteiger partial charge in [-0.05, 0) is 31.9 Å². The van der Waals surface area contributed by atoms with Crippen LogP contribution in [-0.4, -0.2) is 23.3 Å². The molecule has 0 radical (unpaired) electrons. The summed E-state index contributed by atoms with van der Waals surface area (Å²) in [5.74, 6) is 1.35. The topological polar surface area (TPSA) is 60.2 Å². The van der Waals surface area contributed by atoms with Gasteiger partial charge < -0.3 is 14.6 Å². The summed E-state index contributed by atoms with van der Waals surface area (Å²) in [4.78, 5) is 4.39. The molecule has 106 valence electrons. The zero-order valence-corrected chi connectivity index (χ0v) is 11.6. The van der Waals surface area contributed by atoms with Crippen LogP contribution in [0.3, 0.4) is 0 Å². The van der Waals surface area contributed by atoms with E-state index in [9.17, 15) is 0 Å². The molecule has 3 rings (SSSR count). The van der Waals surface area contributed by atoms with Crippen LogP contribution >= 0.6 is 0 Å². The molecule has 1 saturated heterocycles. The first kappa shape index (κ1) is 13.1. The quantitative estimate of drug-likeness (QED) is 0.907. The maximum Gasteiger partial charge on any atom is 0.228 e. The van der Waals surface area contributed by atoms with Gasteiger partial charge in [0, 0.05) is 25.3 Å². The number of aryl methyl sites for hydroxylation is 1. The van der Waals surface area contributed by atoms with Crippen LogP contribution in [0.15, 0.2) is 28.8 Å². The molecule has 1 aromatic heterocycles. The highest BCUT2D eigenvalue weighted by Gasteiger charge is 2.22. The highest BCUT2D eigenvalue weighted by molar-refractivity contribution is 5.44. The Hall–Kier alpha value is -1.88. The Morgan fingerprint density at radius 2 is 2.15 bits per heavy atom. The lowest BCUT2D eigenvalue weighted by Crippen LogP contribution is -2.05. The molecule has 2 aromatic rings. The number of nitrogens with one attached hydrogen (secondary N) is 1. The van der Waals surface area contributed by atoms with Gasteiger partial charge in [-0.15, -0.1) is 0 Å². The number of anilines is 1. The van der Waals surface area contributed by atoms with Crippen LogP contribution < -0.4 is 5.32 Å². The van der Waals surface area contributed by atoms with E-state index in [1.807, 2.05) is 0 Å². The Bertz CT molecular complexity index is 545. The Labute approximate surface area is 118 Å². The van der Waals surface area contributed by atoms with E-state index in [1.54, 1.807) is 0 Å². The largest absolute Gasteiger partial charge is 0.385 e. The molecule has 20 heavy (non-hydrogen) atoms. The summed E-state index contributed by atoms with van der Waals surface area (Å²) in [5.41, 5.74) is 2.36. The normalized spacial score (nSPS) is 18.4. The average molecular weight is 273 g/mol. The number of ether oxygens (including phenoxy) is 1. The zero-order chi connectivity index (χ0) is 13.8. The molecule has 0 bridgehead atoms. The van der Waals surface area contributed by atoms with Crippen molar-refractivity contribution >= 4 is 5.69 Å². The van der Waals surface area contributed by atoms with Gasteiger partial charge in [0.1, 0.15) is 6.10 Å². The van der Waals surface area contributed by atoms with Crippen LogP contribution in [0.5, 0.6) is 0 Å². The van der Waals surface area contributed by atoms with E-state index >= 15 is 0 Å². The summed E-state index contributed by atoms with van der Waals surface area (Å²) < 4.78 is 10.8. The average Bonchev–Trinajstić information content (AvgIpc) is 3.11. The molecule has 1 fully saturated rings. The second-order valence-corrected chi connectivity index (χ2v) is 5.09. The first-order valence-corrected chi connectivity index (χ1v) is 7.06. The van der Waals surface area contributed by atoms with Crippen molar-refractivity contribution in [3.63, 3.8) is 0 Å². The molecule has 1 aliphatic rings. The van der Waals surface area contributed by atoms with Crippen LogP contribution in [0.4, 0.5) is 5.69 Å². The van der Waals surface area contributed by atoms with Gasteiger partial charge in [0.2, 0.25) is 11.7 Å². The minimum Gasteiger partial charge on any atom is -0.385 e. The Balaban J connectivity index is 1.49. The molecular formula is C15H19N3O2. The van der Waals surface area contributed by atoms with Gasteiger partial charge in [-0.2, -0.15) is 4.98 Å². The minimum absolute atomic E-state index is 0.0255. The van der Waals surface area contributed by atoms with Crippen molar-refractivity contribution in [2.75, 3.05) is 18.5 Å². The van der Waals surface area contributed by atoms with Gasteiger partial charge in [-0.1, -0.05) is 22.9 Å². The van der Waals surface area contributed by atoms with Crippen molar-refractivity contribution < 1.29 is 9.26 Å². The predicted octanol–water partition coefficient (Wildman–Crippen LogP) is 2.88. The van der Waals surface area contributed by atoms with Crippen molar-refractivity contribution in [3.05, 3.63) is 41.5 Å². The smallest absolute Gasteiger partial charge is 0.228 e. The molecule has 1 aromatic carbocycles. The monoisotopic (exact) mass is 273 g/mol. The van der Waals surface area contributed by atoms with Gasteiger partial charge in [-0.3, -0.25) is 0 Å². The minimum atomic E-state index is 0.0255. The number of benzene rings is 1. The van der Waals surface area contributed by atoms with Crippen molar-refractivity contribution in [3.8, 4) is 0 Å². The van der Waals surface area contributed by atoms with Crippen LogP contribution in [0.2, 0.25) is 0 Å². The maximum atomic E-state index is 5.54. The van der Waals surface area contributed by atoms with Crippen molar-refractivity contribution in [2.24, 2.45) is 0 Å². The standard InChI is InChI=1S/C15H19N3O2/c1-11-4-6-12(7-5-11)16-9-8-14-17-15(18-20-14)13-3-2-10-19-13/h4-7,13,16H,2-3,8-10H2,1H3. The molecule has 0 spiro atoms. The Morgan fingerprint density at radius 1 is 1.30 bits per heavy atom. The highest BCUT2D eigenvalue weighted by Crippen LogP contribution is 2.26. The maximum absolute atomic E-state index is 5.54. The summed E-state index contributed by atoms with van der Waals surface area (Å²) >= 11 is 0. The zero-order valence-electron chi connectivity index (χ0n) is 11.6. The molecule has 1 aliphatic heterocycles. The lowest BCUT2D eigenvalue weighted by molar-refractivity contribution is 0.103. The third kappa shape index (κ3) is 3.17. The number of nitrogens with zero attached hydrogens (tertiary/aromatic N) is 2. The third-order valence-electron chi connectivity index (χ3n) is 3.42. The lowest BCUT2D eigenvalue weighted by atomic mass is 10.2. The van der Waals surface area contributed by atoms with E-state index in [-0.39, 0.29) is 6.10 Å². The van der Waals surface area contributed by atoms with Gasteiger partial charge in [0.15, 0.2) is 0 Å². The summed E-state index contributed by atoms with van der Waals surface area (Å²) in [6.45, 7) is 3.65. The van der Waals surface area contributed by atoms with Crippen LogP contribution in [0, 0.1) is 6.92 Å². The summed E-state index contributed by atoms with van der Waals surface area (Å²) in [5, 5.41) is 7.34. The van der Waals surface area contributed by atoms with Crippen LogP contribution in [0.1, 0.15) is 36.2 Å². The number of hydrogen-bond donors (Lipinski definition) is 1. The van der Waals surface area contributed by atoms with E-state index in [1.165, 1.54) is 5.56 Å². The first-order valence-electron chi connectivity index (χ1n) is 7.06. The molecule has 5 heteroatoms. The summed E-state index contributed by atoms with van der Waals surface area (Å²) in [6.07, 6.45) is 2.80. The molecule has 0 amide bonds. The number of aromatic nitrogens is 2. The fourth-order valence-electron chi connectivity index (χ4n) is 2.27. The summed E-state index contributed by atoms with van der Waals surface area (Å²) in [6, 6.07) is 8.32.